The fourth-order valence-corrected chi connectivity index (χ4v) is 8.25. The number of carboxylic acid groups (broad SMARTS) is 4. The van der Waals surface area contributed by atoms with Gasteiger partial charge >= 0.3 is 23.9 Å². The topological polar surface area (TPSA) is 311 Å². The lowest BCUT2D eigenvalue weighted by Crippen LogP contribution is -2.37. The second-order valence-corrected chi connectivity index (χ2v) is 32.0. The maximum atomic E-state index is 10.8. The van der Waals surface area contributed by atoms with Gasteiger partial charge < -0.3 is 61.3 Å². The Morgan fingerprint density at radius 3 is 0.438 bits per heavy atom. The van der Waals surface area contributed by atoms with Gasteiger partial charge in [0.1, 0.15) is 0 Å². The molecule has 0 bridgehead atoms. The van der Waals surface area contributed by atoms with Crippen molar-refractivity contribution in [3.63, 3.8) is 0 Å². The molecule has 504 valence electrons. The van der Waals surface area contributed by atoms with E-state index in [9.17, 15) is 39.6 Å². The molecule has 0 fully saturated rings. The highest BCUT2D eigenvalue weighted by atomic mass is 16.4. The van der Waals surface area contributed by atoms with Gasteiger partial charge in [-0.1, -0.05) is 239 Å². The molecule has 4 aromatic rings. The van der Waals surface area contributed by atoms with Crippen LogP contribution in [-0.2, 0) is 88.2 Å². The molecule has 0 spiro atoms. The highest BCUT2D eigenvalue weighted by molar-refractivity contribution is 5.73. The van der Waals surface area contributed by atoms with Crippen LogP contribution < -0.4 is 0 Å². The zero-order valence-corrected chi connectivity index (χ0v) is 58.4. The maximum Gasteiger partial charge on any atom is 0.332 e. The Morgan fingerprint density at radius 2 is 0.371 bits per heavy atom. The normalized spacial score (nSPS) is 13.9. The van der Waals surface area contributed by atoms with Crippen LogP contribution in [0.5, 0.6) is 0 Å². The first-order valence-electron chi connectivity index (χ1n) is 30.6. The van der Waals surface area contributed by atoms with Gasteiger partial charge in [0.2, 0.25) is 0 Å². The third-order valence-corrected chi connectivity index (χ3v) is 15.1. The second-order valence-electron chi connectivity index (χ2n) is 32.0. The summed E-state index contributed by atoms with van der Waals surface area (Å²) in [6, 6.07) is 24.7. The Balaban J connectivity index is 0.00000111. The molecule has 0 heterocycles. The fraction of sp³-hybridized carbons (Fsp3) is 0.616. The Kier molecular flexibility index (Phi) is 31.1. The summed E-state index contributed by atoms with van der Waals surface area (Å²) in [6.07, 6.45) is -4.83. The van der Waals surface area contributed by atoms with E-state index in [0.717, 1.165) is 66.8 Å². The minimum absolute atomic E-state index is 0.00974. The van der Waals surface area contributed by atoms with Crippen molar-refractivity contribution < 1.29 is 80.5 Å². The van der Waals surface area contributed by atoms with Crippen molar-refractivity contribution in [3.8, 4) is 0 Å². The van der Waals surface area contributed by atoms with Crippen LogP contribution in [0.3, 0.4) is 0 Å². The van der Waals surface area contributed by atoms with Gasteiger partial charge in [-0.25, -0.2) is 19.2 Å². The van der Waals surface area contributed by atoms with E-state index < -0.39 is 80.1 Å². The van der Waals surface area contributed by atoms with E-state index in [1.807, 2.05) is 48.5 Å². The molecule has 0 aromatic heterocycles. The molecule has 4 unspecified atom stereocenters. The van der Waals surface area contributed by atoms with Gasteiger partial charge in [0.05, 0.1) is 31.8 Å². The van der Waals surface area contributed by atoms with E-state index >= 15 is 0 Å². The highest BCUT2D eigenvalue weighted by Crippen LogP contribution is 2.35. The van der Waals surface area contributed by atoms with E-state index in [-0.39, 0.29) is 69.0 Å². The molecular weight excluding hydrogens is 1130 g/mol. The van der Waals surface area contributed by atoms with Crippen LogP contribution in [0.15, 0.2) is 72.8 Å². The number of benzene rings is 4. The summed E-state index contributed by atoms with van der Waals surface area (Å²) in [6.45, 7) is 49.5. The Labute approximate surface area is 533 Å². The zero-order chi connectivity index (χ0) is 70.2. The van der Waals surface area contributed by atoms with E-state index in [4.69, 9.17) is 40.9 Å². The van der Waals surface area contributed by atoms with Gasteiger partial charge in [-0.3, -0.25) is 0 Å². The molecular formula is C73H116O16. The first kappa shape index (κ1) is 83.4. The Morgan fingerprint density at radius 1 is 0.258 bits per heavy atom. The molecule has 0 saturated carbocycles. The predicted molar refractivity (Wildman–Crippen MR) is 356 cm³/mol. The second kappa shape index (κ2) is 33.1. The van der Waals surface area contributed by atoms with Crippen LogP contribution in [0.2, 0.25) is 0 Å². The number of hydrogen-bond acceptors (Lipinski definition) is 12. The quantitative estimate of drug-likeness (QED) is 0.0496. The van der Waals surface area contributed by atoms with Gasteiger partial charge in [-0.15, -0.1) is 0 Å². The van der Waals surface area contributed by atoms with Crippen molar-refractivity contribution in [1.29, 1.82) is 0 Å². The summed E-state index contributed by atoms with van der Waals surface area (Å²) in [5, 5.41) is 108. The van der Waals surface area contributed by atoms with Crippen LogP contribution in [0.4, 0.5) is 0 Å². The molecule has 0 aliphatic carbocycles. The van der Waals surface area contributed by atoms with Crippen molar-refractivity contribution in [3.05, 3.63) is 140 Å². The van der Waals surface area contributed by atoms with E-state index in [1.165, 1.54) is 0 Å². The van der Waals surface area contributed by atoms with Crippen LogP contribution in [0, 0.1) is 5.41 Å². The number of aliphatic carboxylic acids is 4. The zero-order valence-electron chi connectivity index (χ0n) is 58.4. The lowest BCUT2D eigenvalue weighted by Gasteiger charge is -2.26. The minimum Gasteiger partial charge on any atom is -0.479 e. The molecule has 0 amide bonds. The van der Waals surface area contributed by atoms with Crippen LogP contribution >= 0.6 is 0 Å². The van der Waals surface area contributed by atoms with Gasteiger partial charge in [0.15, 0.2) is 24.4 Å². The summed E-state index contributed by atoms with van der Waals surface area (Å²) in [7, 11) is 0. The molecule has 4 atom stereocenters. The third-order valence-electron chi connectivity index (χ3n) is 15.1. The molecule has 16 heteroatoms. The number of aliphatic hydroxyl groups is 8. The van der Waals surface area contributed by atoms with Crippen molar-refractivity contribution in [1.82, 2.24) is 0 Å². The minimum atomic E-state index is -1.35. The third kappa shape index (κ3) is 29.5. The average Bonchev–Trinajstić information content (AvgIpc) is 1.92. The first-order chi connectivity index (χ1) is 39.9. The predicted octanol–water partition coefficient (Wildman–Crippen LogP) is 11.0. The number of carbonyl (C=O) groups is 4. The van der Waals surface area contributed by atoms with Gasteiger partial charge in [-0.05, 0) is 110 Å². The molecule has 0 saturated heterocycles. The smallest absolute Gasteiger partial charge is 0.332 e. The number of rotatable bonds is 16. The molecule has 0 aliphatic rings. The lowest BCUT2D eigenvalue weighted by atomic mass is 9.79. The molecule has 16 nitrogen and oxygen atoms in total. The van der Waals surface area contributed by atoms with Crippen molar-refractivity contribution in [2.75, 3.05) is 26.4 Å². The maximum absolute atomic E-state index is 10.8. The van der Waals surface area contributed by atoms with Gasteiger partial charge in [-0.2, -0.15) is 0 Å². The number of hydrogen-bond donors (Lipinski definition) is 12. The molecule has 4 aromatic carbocycles. The first-order valence-corrected chi connectivity index (χ1v) is 30.6. The van der Waals surface area contributed by atoms with E-state index in [0.29, 0.717) is 0 Å². The van der Waals surface area contributed by atoms with E-state index in [1.54, 1.807) is 0 Å². The van der Waals surface area contributed by atoms with Crippen molar-refractivity contribution >= 4 is 23.9 Å². The molecule has 4 rings (SSSR count). The summed E-state index contributed by atoms with van der Waals surface area (Å²) in [5.41, 5.74) is 11.6. The molecule has 0 aliphatic heterocycles. The molecule has 12 N–H and O–H groups in total. The molecule has 0 radical (unpaired) electrons. The number of carboxylic acids is 4. The summed E-state index contributed by atoms with van der Waals surface area (Å²) in [5.74, 6) is -4.71. The standard InChI is InChI=1S/4C17H26O3.C5H12O4/c4*1-16(2,3)12-7-11(9-14(18)15(19)20)8-13(10-12)17(4,5)6;6-1-5(2-7,3-8)4-9/h4*7-8,10,14,18H,9H2,1-6H3,(H,19,20);6-9H,1-4H2. The highest BCUT2D eigenvalue weighted by Gasteiger charge is 2.29. The lowest BCUT2D eigenvalue weighted by molar-refractivity contribution is -0.147. The Hall–Kier alpha value is -5.56. The van der Waals surface area contributed by atoms with E-state index in [2.05, 4.69) is 190 Å². The van der Waals surface area contributed by atoms with Crippen LogP contribution in [0.1, 0.15) is 233 Å². The average molecular weight is 1250 g/mol. The summed E-state index contributed by atoms with van der Waals surface area (Å²) < 4.78 is 0. The molecule has 89 heavy (non-hydrogen) atoms. The largest absolute Gasteiger partial charge is 0.479 e. The van der Waals surface area contributed by atoms with Crippen molar-refractivity contribution in [2.24, 2.45) is 5.41 Å². The van der Waals surface area contributed by atoms with Gasteiger partial charge in [0, 0.05) is 25.7 Å². The summed E-state index contributed by atoms with van der Waals surface area (Å²) >= 11 is 0. The fourth-order valence-electron chi connectivity index (χ4n) is 8.25. The summed E-state index contributed by atoms with van der Waals surface area (Å²) in [4.78, 5) is 43.3. The Bertz CT molecular complexity index is 2370. The SMILES string of the molecule is CC(C)(C)c1cc(CC(O)C(=O)O)cc(C(C)(C)C)c1.CC(C)(C)c1cc(CC(O)C(=O)O)cc(C(C)(C)C)c1.CC(C)(C)c1cc(CC(O)C(=O)O)cc(C(C)(C)C)c1.CC(C)(C)c1cc(CC(O)C(=O)O)cc(C(C)(C)C)c1.OCC(CO)(CO)CO. The van der Waals surface area contributed by atoms with Crippen molar-refractivity contribution in [2.45, 2.75) is 260 Å². The van der Waals surface area contributed by atoms with Gasteiger partial charge in [0.25, 0.3) is 0 Å². The van der Waals surface area contributed by atoms with Crippen LogP contribution in [0.25, 0.3) is 0 Å². The van der Waals surface area contributed by atoms with Crippen LogP contribution in [-0.4, -0.2) is 136 Å². The number of aliphatic hydroxyl groups excluding tert-OH is 8. The monoisotopic (exact) mass is 1250 g/mol.